The number of carbonyl (C=O) groups excluding carboxylic acids is 1. The maximum Gasteiger partial charge on any atom is 0.251 e. The monoisotopic (exact) mass is 516 g/mol. The Bertz CT molecular complexity index is 631. The second kappa shape index (κ2) is 14.6. The molecular formula is C21H37IN6O. The quantitative estimate of drug-likeness (QED) is 0.263. The smallest absolute Gasteiger partial charge is 0.251 e. The van der Waals surface area contributed by atoms with Crippen LogP contribution in [-0.2, 0) is 6.42 Å². The highest BCUT2D eigenvalue weighted by Gasteiger charge is 2.14. The highest BCUT2D eigenvalue weighted by atomic mass is 127. The lowest BCUT2D eigenvalue weighted by Gasteiger charge is -2.33. The molecule has 1 heterocycles. The third-order valence-corrected chi connectivity index (χ3v) is 5.06. The van der Waals surface area contributed by atoms with Gasteiger partial charge in [-0.3, -0.25) is 14.7 Å². The minimum Gasteiger partial charge on any atom is -0.357 e. The van der Waals surface area contributed by atoms with Gasteiger partial charge in [-0.25, -0.2) is 0 Å². The van der Waals surface area contributed by atoms with E-state index in [-0.39, 0.29) is 29.9 Å². The van der Waals surface area contributed by atoms with E-state index in [4.69, 9.17) is 4.99 Å². The topological polar surface area (TPSA) is 72.0 Å². The first-order valence-corrected chi connectivity index (χ1v) is 10.4. The molecule has 0 aliphatic carbocycles. The number of halogens is 1. The van der Waals surface area contributed by atoms with Crippen molar-refractivity contribution in [3.63, 3.8) is 0 Å². The number of guanidine groups is 1. The fourth-order valence-electron chi connectivity index (χ4n) is 3.31. The van der Waals surface area contributed by atoms with Crippen LogP contribution >= 0.6 is 24.0 Å². The van der Waals surface area contributed by atoms with Crippen molar-refractivity contribution in [1.29, 1.82) is 0 Å². The standard InChI is InChI=1S/C21H36N6O.HI/c1-4-23-21(25-11-12-27-15-13-26(5-2)14-16-27)24-10-9-18-7-6-8-19(17-18)20(28)22-3;/h6-8,17H,4-5,9-16H2,1-3H3,(H,22,28)(H2,23,24,25);1H. The van der Waals surface area contributed by atoms with Crippen molar-refractivity contribution in [2.75, 3.05) is 66.0 Å². The summed E-state index contributed by atoms with van der Waals surface area (Å²) < 4.78 is 0. The maximum atomic E-state index is 11.8. The number of carbonyl (C=O) groups is 1. The Morgan fingerprint density at radius 1 is 1.10 bits per heavy atom. The Morgan fingerprint density at radius 3 is 2.48 bits per heavy atom. The predicted molar refractivity (Wildman–Crippen MR) is 131 cm³/mol. The van der Waals surface area contributed by atoms with Crippen LogP contribution in [0, 0.1) is 0 Å². The van der Waals surface area contributed by atoms with E-state index in [0.717, 1.165) is 76.8 Å². The van der Waals surface area contributed by atoms with Gasteiger partial charge in [0.15, 0.2) is 5.96 Å². The van der Waals surface area contributed by atoms with Crippen LogP contribution in [0.2, 0.25) is 0 Å². The van der Waals surface area contributed by atoms with Crippen LogP contribution in [0.25, 0.3) is 0 Å². The first-order chi connectivity index (χ1) is 13.7. The molecule has 1 fully saturated rings. The number of aliphatic imine (C=N–C) groups is 1. The molecule has 1 aliphatic heterocycles. The zero-order valence-electron chi connectivity index (χ0n) is 18.0. The molecular weight excluding hydrogens is 479 g/mol. The SMILES string of the molecule is CCNC(=NCCN1CCN(CC)CC1)NCCc1cccc(C(=O)NC)c1.I. The van der Waals surface area contributed by atoms with Gasteiger partial charge in [0.25, 0.3) is 5.91 Å². The van der Waals surface area contributed by atoms with E-state index in [2.05, 4.69) is 39.6 Å². The van der Waals surface area contributed by atoms with Crippen molar-refractivity contribution in [2.45, 2.75) is 20.3 Å². The van der Waals surface area contributed by atoms with Crippen molar-refractivity contribution < 1.29 is 4.79 Å². The molecule has 0 atom stereocenters. The summed E-state index contributed by atoms with van der Waals surface area (Å²) in [4.78, 5) is 21.4. The number of likely N-dealkylation sites (N-methyl/N-ethyl adjacent to an activating group) is 1. The van der Waals surface area contributed by atoms with Gasteiger partial charge >= 0.3 is 0 Å². The molecule has 0 aromatic heterocycles. The van der Waals surface area contributed by atoms with Crippen LogP contribution in [0.1, 0.15) is 29.8 Å². The summed E-state index contributed by atoms with van der Waals surface area (Å²) in [7, 11) is 1.65. The minimum absolute atomic E-state index is 0. The van der Waals surface area contributed by atoms with Crippen LogP contribution in [0.5, 0.6) is 0 Å². The van der Waals surface area contributed by atoms with E-state index in [0.29, 0.717) is 5.56 Å². The summed E-state index contributed by atoms with van der Waals surface area (Å²) in [6.45, 7) is 13.5. The molecule has 164 valence electrons. The molecule has 29 heavy (non-hydrogen) atoms. The lowest BCUT2D eigenvalue weighted by atomic mass is 10.1. The molecule has 0 radical (unpaired) electrons. The van der Waals surface area contributed by atoms with Crippen LogP contribution in [0.4, 0.5) is 0 Å². The van der Waals surface area contributed by atoms with Gasteiger partial charge in [0.2, 0.25) is 0 Å². The lowest BCUT2D eigenvalue weighted by Crippen LogP contribution is -2.47. The second-order valence-corrected chi connectivity index (χ2v) is 6.99. The fraction of sp³-hybridized carbons (Fsp3) is 0.619. The minimum atomic E-state index is -0.0514. The van der Waals surface area contributed by atoms with E-state index in [9.17, 15) is 4.79 Å². The Kier molecular flexibility index (Phi) is 12.9. The van der Waals surface area contributed by atoms with Gasteiger partial charge in [-0.05, 0) is 37.6 Å². The van der Waals surface area contributed by atoms with Crippen molar-refractivity contribution in [3.05, 3.63) is 35.4 Å². The summed E-state index contributed by atoms with van der Waals surface area (Å²) >= 11 is 0. The fourth-order valence-corrected chi connectivity index (χ4v) is 3.31. The van der Waals surface area contributed by atoms with Crippen molar-refractivity contribution in [2.24, 2.45) is 4.99 Å². The summed E-state index contributed by atoms with van der Waals surface area (Å²) in [5.74, 6) is 0.807. The number of nitrogens with one attached hydrogen (secondary N) is 3. The van der Waals surface area contributed by atoms with E-state index in [1.165, 1.54) is 0 Å². The molecule has 1 amide bonds. The molecule has 8 heteroatoms. The third-order valence-electron chi connectivity index (χ3n) is 5.06. The average Bonchev–Trinajstić information content (AvgIpc) is 2.74. The van der Waals surface area contributed by atoms with E-state index >= 15 is 0 Å². The summed E-state index contributed by atoms with van der Waals surface area (Å²) in [6, 6.07) is 7.76. The number of hydrogen-bond donors (Lipinski definition) is 3. The van der Waals surface area contributed by atoms with Gasteiger partial charge in [0, 0.05) is 58.4 Å². The van der Waals surface area contributed by atoms with Gasteiger partial charge in [-0.1, -0.05) is 19.1 Å². The van der Waals surface area contributed by atoms with Crippen LogP contribution < -0.4 is 16.0 Å². The predicted octanol–water partition coefficient (Wildman–Crippen LogP) is 1.40. The molecule has 3 N–H and O–H groups in total. The molecule has 1 saturated heterocycles. The number of piperazine rings is 1. The van der Waals surface area contributed by atoms with E-state index in [1.807, 2.05) is 24.3 Å². The van der Waals surface area contributed by atoms with E-state index < -0.39 is 0 Å². The van der Waals surface area contributed by atoms with Crippen LogP contribution in [0.15, 0.2) is 29.3 Å². The van der Waals surface area contributed by atoms with Gasteiger partial charge in [0.05, 0.1) is 6.54 Å². The first kappa shape index (κ1) is 25.6. The number of benzene rings is 1. The summed E-state index contributed by atoms with van der Waals surface area (Å²) in [5.41, 5.74) is 1.84. The molecule has 0 spiro atoms. The Morgan fingerprint density at radius 2 is 1.83 bits per heavy atom. The Labute approximate surface area is 192 Å². The Hall–Kier alpha value is -1.39. The molecule has 1 aliphatic rings. The maximum absolute atomic E-state index is 11.8. The number of hydrogen-bond acceptors (Lipinski definition) is 4. The van der Waals surface area contributed by atoms with Gasteiger partial charge < -0.3 is 20.9 Å². The first-order valence-electron chi connectivity index (χ1n) is 10.4. The average molecular weight is 516 g/mol. The lowest BCUT2D eigenvalue weighted by molar-refractivity contribution is 0.0963. The molecule has 0 saturated carbocycles. The molecule has 2 rings (SSSR count). The zero-order chi connectivity index (χ0) is 20.2. The zero-order valence-corrected chi connectivity index (χ0v) is 20.4. The Balaban J connectivity index is 0.00000420. The third kappa shape index (κ3) is 9.31. The summed E-state index contributed by atoms with van der Waals surface area (Å²) in [5, 5.41) is 9.37. The molecule has 7 nitrogen and oxygen atoms in total. The number of rotatable bonds is 9. The van der Waals surface area contributed by atoms with Gasteiger partial charge in [0.1, 0.15) is 0 Å². The molecule has 1 aromatic rings. The highest BCUT2D eigenvalue weighted by molar-refractivity contribution is 14.0. The van der Waals surface area contributed by atoms with Crippen molar-refractivity contribution >= 4 is 35.8 Å². The summed E-state index contributed by atoms with van der Waals surface area (Å²) in [6.07, 6.45) is 0.841. The largest absolute Gasteiger partial charge is 0.357 e. The van der Waals surface area contributed by atoms with Crippen LogP contribution in [0.3, 0.4) is 0 Å². The van der Waals surface area contributed by atoms with Gasteiger partial charge in [-0.15, -0.1) is 24.0 Å². The molecule has 0 unspecified atom stereocenters. The normalized spacial score (nSPS) is 15.5. The number of amides is 1. The highest BCUT2D eigenvalue weighted by Crippen LogP contribution is 2.05. The number of nitrogens with zero attached hydrogens (tertiary/aromatic N) is 3. The molecule has 0 bridgehead atoms. The van der Waals surface area contributed by atoms with Crippen LogP contribution in [-0.4, -0.2) is 87.6 Å². The van der Waals surface area contributed by atoms with E-state index in [1.54, 1.807) is 7.05 Å². The van der Waals surface area contributed by atoms with Crippen molar-refractivity contribution in [1.82, 2.24) is 25.8 Å². The van der Waals surface area contributed by atoms with Gasteiger partial charge in [-0.2, -0.15) is 0 Å². The van der Waals surface area contributed by atoms with Crippen molar-refractivity contribution in [3.8, 4) is 0 Å². The molecule has 1 aromatic carbocycles. The second-order valence-electron chi connectivity index (χ2n) is 6.99.